The molecule has 3 heterocycles. The van der Waals surface area contributed by atoms with Crippen LogP contribution in [-0.4, -0.2) is 65.9 Å². The van der Waals surface area contributed by atoms with Gasteiger partial charge in [-0.15, -0.1) is 11.3 Å². The van der Waals surface area contributed by atoms with Crippen molar-refractivity contribution in [2.75, 3.05) is 31.1 Å². The third-order valence-electron chi connectivity index (χ3n) is 4.34. The molecule has 2 aliphatic rings. The van der Waals surface area contributed by atoms with Crippen molar-refractivity contribution in [1.82, 2.24) is 9.80 Å². The molecule has 28 heavy (non-hydrogen) atoms. The van der Waals surface area contributed by atoms with Gasteiger partial charge in [0.05, 0.1) is 6.54 Å². The van der Waals surface area contributed by atoms with E-state index in [1.54, 1.807) is 30.6 Å². The van der Waals surface area contributed by atoms with Gasteiger partial charge in [-0.1, -0.05) is 0 Å². The second-order valence-electron chi connectivity index (χ2n) is 7.83. The van der Waals surface area contributed by atoms with Crippen LogP contribution in [-0.2, 0) is 16.0 Å². The highest BCUT2D eigenvalue weighted by molar-refractivity contribution is 7.14. The molecule has 0 radical (unpaired) electrons. The highest BCUT2D eigenvalue weighted by Gasteiger charge is 2.35. The molecule has 1 aromatic heterocycles. The average Bonchev–Trinajstić information content (AvgIpc) is 3.21. The van der Waals surface area contributed by atoms with Gasteiger partial charge in [-0.3, -0.25) is 4.90 Å². The summed E-state index contributed by atoms with van der Waals surface area (Å²) in [7, 11) is 0. The maximum Gasteiger partial charge on any atom is 0.418 e. The fourth-order valence-corrected chi connectivity index (χ4v) is 3.96. The van der Waals surface area contributed by atoms with Crippen LogP contribution in [0.3, 0.4) is 0 Å². The van der Waals surface area contributed by atoms with Crippen LogP contribution < -0.4 is 10.6 Å². The van der Waals surface area contributed by atoms with E-state index in [4.69, 9.17) is 15.2 Å². The molecule has 0 unspecified atom stereocenters. The predicted octanol–water partition coefficient (Wildman–Crippen LogP) is 2.59. The van der Waals surface area contributed by atoms with Gasteiger partial charge in [0.25, 0.3) is 0 Å². The Morgan fingerprint density at radius 1 is 1.36 bits per heavy atom. The number of thiophene rings is 1. The van der Waals surface area contributed by atoms with Crippen LogP contribution in [0, 0.1) is 0 Å². The predicted molar refractivity (Wildman–Crippen MR) is 104 cm³/mol. The van der Waals surface area contributed by atoms with Gasteiger partial charge in [0.2, 0.25) is 0 Å². The minimum absolute atomic E-state index is 0.281. The summed E-state index contributed by atoms with van der Waals surface area (Å²) in [5, 5.41) is 2.65. The second-order valence-corrected chi connectivity index (χ2v) is 8.72. The topological polar surface area (TPSA) is 105 Å². The van der Waals surface area contributed by atoms with Crippen LogP contribution in [0.15, 0.2) is 11.4 Å². The Balaban J connectivity index is 1.64. The van der Waals surface area contributed by atoms with Crippen molar-refractivity contribution < 1.29 is 23.9 Å². The van der Waals surface area contributed by atoms with Gasteiger partial charge in [-0.25, -0.2) is 19.3 Å². The third kappa shape index (κ3) is 4.56. The zero-order chi connectivity index (χ0) is 20.5. The molecular weight excluding hydrogens is 384 g/mol. The number of rotatable bonds is 4. The van der Waals surface area contributed by atoms with Gasteiger partial charge in [0.15, 0.2) is 0 Å². The van der Waals surface area contributed by atoms with Crippen LogP contribution in [0.4, 0.5) is 19.4 Å². The lowest BCUT2D eigenvalue weighted by molar-refractivity contribution is 0.0235. The molecule has 1 aromatic rings. The SMILES string of the molecule is CC(C)(C)OC(=O)N1CCCN(Cc2csc(N3C[C@H](CN)OC3=O)c2)C1=O. The number of nitrogens with zero attached hydrogens (tertiary/aromatic N) is 3. The highest BCUT2D eigenvalue weighted by Crippen LogP contribution is 2.30. The summed E-state index contributed by atoms with van der Waals surface area (Å²) < 4.78 is 10.5. The fourth-order valence-electron chi connectivity index (χ4n) is 3.05. The first-order chi connectivity index (χ1) is 13.2. The summed E-state index contributed by atoms with van der Waals surface area (Å²) in [5.74, 6) is 0. The largest absolute Gasteiger partial charge is 0.443 e. The number of hydrogen-bond acceptors (Lipinski definition) is 7. The number of imide groups is 1. The first kappa shape index (κ1) is 20.4. The van der Waals surface area contributed by atoms with E-state index in [-0.39, 0.29) is 18.7 Å². The van der Waals surface area contributed by atoms with E-state index in [0.717, 1.165) is 15.5 Å². The van der Waals surface area contributed by atoms with E-state index in [0.29, 0.717) is 32.6 Å². The van der Waals surface area contributed by atoms with Crippen molar-refractivity contribution >= 4 is 34.6 Å². The van der Waals surface area contributed by atoms with E-state index < -0.39 is 17.8 Å². The normalized spacial score (nSPS) is 20.6. The summed E-state index contributed by atoms with van der Waals surface area (Å²) in [6.07, 6.45) is -0.655. The quantitative estimate of drug-likeness (QED) is 0.818. The highest BCUT2D eigenvalue weighted by atomic mass is 32.1. The molecule has 154 valence electrons. The van der Waals surface area contributed by atoms with Crippen molar-refractivity contribution in [3.8, 4) is 0 Å². The Labute approximate surface area is 168 Å². The molecule has 0 aromatic carbocycles. The number of ether oxygens (including phenoxy) is 2. The molecule has 0 aliphatic carbocycles. The van der Waals surface area contributed by atoms with Crippen molar-refractivity contribution in [1.29, 1.82) is 0 Å². The molecule has 2 N–H and O–H groups in total. The Morgan fingerprint density at radius 3 is 2.75 bits per heavy atom. The summed E-state index contributed by atoms with van der Waals surface area (Å²) in [6.45, 7) is 7.27. The molecule has 9 nitrogen and oxygen atoms in total. The number of anilines is 1. The fraction of sp³-hybridized carbons (Fsp3) is 0.611. The number of urea groups is 1. The maximum absolute atomic E-state index is 12.7. The molecule has 2 aliphatic heterocycles. The van der Waals surface area contributed by atoms with E-state index in [2.05, 4.69) is 0 Å². The smallest absolute Gasteiger partial charge is 0.418 e. The number of hydrogen-bond donors (Lipinski definition) is 1. The van der Waals surface area contributed by atoms with Gasteiger partial charge in [-0.05, 0) is 44.2 Å². The Kier molecular flexibility index (Phi) is 5.80. The van der Waals surface area contributed by atoms with Gasteiger partial charge in [0, 0.05) is 26.2 Å². The van der Waals surface area contributed by atoms with Crippen LogP contribution in [0.1, 0.15) is 32.8 Å². The Hall–Kier alpha value is -2.33. The lowest BCUT2D eigenvalue weighted by atomic mass is 10.2. The molecule has 10 heteroatoms. The molecule has 2 saturated heterocycles. The molecule has 0 spiro atoms. The van der Waals surface area contributed by atoms with Crippen LogP contribution in [0.2, 0.25) is 0 Å². The average molecular weight is 410 g/mol. The van der Waals surface area contributed by atoms with Crippen molar-refractivity contribution in [2.45, 2.75) is 45.4 Å². The van der Waals surface area contributed by atoms with E-state index in [1.807, 2.05) is 11.4 Å². The molecule has 3 rings (SSSR count). The molecular formula is C18H26N4O5S. The molecule has 4 amide bonds. The molecule has 0 bridgehead atoms. The standard InChI is InChI=1S/C18H26N4O5S/c1-18(2,3)27-17(25)21-6-4-5-20(15(21)23)9-12-7-14(28-11-12)22-10-13(8-19)26-16(22)24/h7,11,13H,4-6,8-10,19H2,1-3H3/t13-/m0/s1. The minimum Gasteiger partial charge on any atom is -0.443 e. The maximum atomic E-state index is 12.7. The summed E-state index contributed by atoms with van der Waals surface area (Å²) >= 11 is 1.41. The van der Waals surface area contributed by atoms with Crippen molar-refractivity contribution in [3.63, 3.8) is 0 Å². The second kappa shape index (κ2) is 7.96. The number of carbonyl (C=O) groups is 3. The lowest BCUT2D eigenvalue weighted by Gasteiger charge is -2.35. The third-order valence-corrected chi connectivity index (χ3v) is 5.34. The first-order valence-electron chi connectivity index (χ1n) is 9.23. The molecule has 0 saturated carbocycles. The van der Waals surface area contributed by atoms with Gasteiger partial charge >= 0.3 is 18.2 Å². The lowest BCUT2D eigenvalue weighted by Crippen LogP contribution is -2.52. The summed E-state index contributed by atoms with van der Waals surface area (Å²) in [6, 6.07) is 1.50. The van der Waals surface area contributed by atoms with E-state index in [9.17, 15) is 14.4 Å². The van der Waals surface area contributed by atoms with Gasteiger partial charge < -0.3 is 20.1 Å². The van der Waals surface area contributed by atoms with Crippen LogP contribution in [0.25, 0.3) is 0 Å². The zero-order valence-electron chi connectivity index (χ0n) is 16.3. The van der Waals surface area contributed by atoms with Crippen LogP contribution >= 0.6 is 11.3 Å². The van der Waals surface area contributed by atoms with E-state index >= 15 is 0 Å². The summed E-state index contributed by atoms with van der Waals surface area (Å²) in [4.78, 5) is 41.3. The van der Waals surface area contributed by atoms with Crippen LogP contribution in [0.5, 0.6) is 0 Å². The molecule has 2 fully saturated rings. The number of nitrogens with two attached hydrogens (primary N) is 1. The Morgan fingerprint density at radius 2 is 2.11 bits per heavy atom. The number of cyclic esters (lactones) is 1. The minimum atomic E-state index is -0.659. The zero-order valence-corrected chi connectivity index (χ0v) is 17.2. The Bertz CT molecular complexity index is 759. The van der Waals surface area contributed by atoms with Crippen molar-refractivity contribution in [3.05, 3.63) is 17.0 Å². The summed E-state index contributed by atoms with van der Waals surface area (Å²) in [5.41, 5.74) is 5.80. The molecule has 1 atom stereocenters. The van der Waals surface area contributed by atoms with E-state index in [1.165, 1.54) is 11.3 Å². The monoisotopic (exact) mass is 410 g/mol. The number of amides is 4. The van der Waals surface area contributed by atoms with Gasteiger partial charge in [0.1, 0.15) is 16.7 Å². The van der Waals surface area contributed by atoms with Crippen molar-refractivity contribution in [2.24, 2.45) is 5.73 Å². The van der Waals surface area contributed by atoms with Gasteiger partial charge in [-0.2, -0.15) is 0 Å². The number of carbonyl (C=O) groups excluding carboxylic acids is 3. The first-order valence-corrected chi connectivity index (χ1v) is 10.1.